The number of piperazine rings is 1. The number of nitrogens with one attached hydrogen (secondary N) is 1. The second kappa shape index (κ2) is 2.64. The molecule has 2 fully saturated rings. The van der Waals surface area contributed by atoms with Gasteiger partial charge in [-0.05, 0) is 7.05 Å². The summed E-state index contributed by atoms with van der Waals surface area (Å²) >= 11 is 0. The largest absolute Gasteiger partial charge is 0.308 e. The van der Waals surface area contributed by atoms with Crippen LogP contribution in [0.2, 0.25) is 0 Å². The molecule has 2 bridgehead atoms. The molecule has 2 aliphatic heterocycles. The summed E-state index contributed by atoms with van der Waals surface area (Å²) < 4.78 is 26.0. The molecule has 0 spiro atoms. The molecule has 0 radical (unpaired) electrons. The first-order valence-corrected chi connectivity index (χ1v) is 4.38. The van der Waals surface area contributed by atoms with Crippen LogP contribution < -0.4 is 5.32 Å². The van der Waals surface area contributed by atoms with Crippen LogP contribution in [-0.2, 0) is 0 Å². The number of likely N-dealkylation sites (N-methyl/N-ethyl adjacent to an activating group) is 1. The van der Waals surface area contributed by atoms with Crippen molar-refractivity contribution in [2.75, 3.05) is 20.1 Å². The smallest absolute Gasteiger partial charge is 0.251 e. The van der Waals surface area contributed by atoms with Crippen molar-refractivity contribution in [2.24, 2.45) is 0 Å². The average molecular weight is 176 g/mol. The Kier molecular flexibility index (Phi) is 1.84. The highest BCUT2D eigenvalue weighted by Crippen LogP contribution is 2.32. The predicted molar refractivity (Wildman–Crippen MR) is 42.4 cm³/mol. The molecular weight excluding hydrogens is 162 g/mol. The summed E-state index contributed by atoms with van der Waals surface area (Å²) in [7, 11) is 1.99. The van der Waals surface area contributed by atoms with Crippen LogP contribution in [0.25, 0.3) is 0 Å². The van der Waals surface area contributed by atoms with Gasteiger partial charge in [0, 0.05) is 38.0 Å². The fourth-order valence-electron chi connectivity index (χ4n) is 2.32. The van der Waals surface area contributed by atoms with E-state index in [1.54, 1.807) is 0 Å². The first-order chi connectivity index (χ1) is 5.55. The van der Waals surface area contributed by atoms with Crippen molar-refractivity contribution in [3.05, 3.63) is 0 Å². The SMILES string of the molecule is CN1CC2CC(F)(F)CC(C1)N2. The lowest BCUT2D eigenvalue weighted by Crippen LogP contribution is -2.61. The van der Waals surface area contributed by atoms with E-state index in [0.717, 1.165) is 13.1 Å². The van der Waals surface area contributed by atoms with Gasteiger partial charge in [0.15, 0.2) is 0 Å². The third kappa shape index (κ3) is 1.59. The number of likely N-dealkylation sites (tertiary alicyclic amines) is 1. The Morgan fingerprint density at radius 1 is 1.25 bits per heavy atom. The van der Waals surface area contributed by atoms with Crippen molar-refractivity contribution < 1.29 is 8.78 Å². The summed E-state index contributed by atoms with van der Waals surface area (Å²) in [5.41, 5.74) is 0. The number of piperidine rings is 1. The summed E-state index contributed by atoms with van der Waals surface area (Å²) in [5.74, 6) is -2.43. The Morgan fingerprint density at radius 2 is 1.75 bits per heavy atom. The van der Waals surface area contributed by atoms with E-state index in [1.807, 2.05) is 7.05 Å². The van der Waals surface area contributed by atoms with Gasteiger partial charge < -0.3 is 10.2 Å². The highest BCUT2D eigenvalue weighted by molar-refractivity contribution is 4.95. The molecule has 2 aliphatic rings. The molecule has 0 amide bonds. The van der Waals surface area contributed by atoms with Crippen LogP contribution in [0.15, 0.2) is 0 Å². The monoisotopic (exact) mass is 176 g/mol. The molecule has 2 rings (SSSR count). The zero-order valence-corrected chi connectivity index (χ0v) is 7.19. The van der Waals surface area contributed by atoms with Gasteiger partial charge in [0.2, 0.25) is 0 Å². The van der Waals surface area contributed by atoms with Gasteiger partial charge in [-0.15, -0.1) is 0 Å². The second-order valence-electron chi connectivity index (χ2n) is 4.05. The van der Waals surface area contributed by atoms with Crippen molar-refractivity contribution in [1.29, 1.82) is 0 Å². The third-order valence-corrected chi connectivity index (χ3v) is 2.63. The Hall–Kier alpha value is -0.220. The van der Waals surface area contributed by atoms with E-state index in [4.69, 9.17) is 0 Å². The Bertz CT molecular complexity index is 164. The fraction of sp³-hybridized carbons (Fsp3) is 1.00. The summed E-state index contributed by atoms with van der Waals surface area (Å²) in [6.07, 6.45) is 0.0156. The van der Waals surface area contributed by atoms with E-state index in [-0.39, 0.29) is 24.9 Å². The lowest BCUT2D eigenvalue weighted by atomic mass is 9.91. The van der Waals surface area contributed by atoms with Crippen molar-refractivity contribution in [1.82, 2.24) is 10.2 Å². The fourth-order valence-corrected chi connectivity index (χ4v) is 2.32. The predicted octanol–water partition coefficient (Wildman–Crippen LogP) is 0.688. The maximum Gasteiger partial charge on any atom is 0.251 e. The maximum absolute atomic E-state index is 13.0. The van der Waals surface area contributed by atoms with E-state index >= 15 is 0 Å². The van der Waals surface area contributed by atoms with Gasteiger partial charge in [0.25, 0.3) is 5.92 Å². The Labute approximate surface area is 70.9 Å². The molecule has 2 heterocycles. The summed E-state index contributed by atoms with van der Waals surface area (Å²) in [4.78, 5) is 2.13. The minimum absolute atomic E-state index is 0.00231. The molecule has 0 aromatic heterocycles. The Morgan fingerprint density at radius 3 is 2.25 bits per heavy atom. The molecule has 2 unspecified atom stereocenters. The quantitative estimate of drug-likeness (QED) is 0.584. The minimum Gasteiger partial charge on any atom is -0.308 e. The van der Waals surface area contributed by atoms with E-state index in [0.29, 0.717) is 0 Å². The average Bonchev–Trinajstić information content (AvgIpc) is 1.78. The van der Waals surface area contributed by atoms with E-state index < -0.39 is 5.92 Å². The Balaban J connectivity index is 2.06. The summed E-state index contributed by atoms with van der Waals surface area (Å²) in [5, 5.41) is 3.22. The molecule has 2 saturated heterocycles. The van der Waals surface area contributed by atoms with Gasteiger partial charge in [-0.3, -0.25) is 0 Å². The van der Waals surface area contributed by atoms with Gasteiger partial charge >= 0.3 is 0 Å². The van der Waals surface area contributed by atoms with Crippen LogP contribution >= 0.6 is 0 Å². The summed E-state index contributed by atoms with van der Waals surface area (Å²) in [6.45, 7) is 1.51. The lowest BCUT2D eigenvalue weighted by Gasteiger charge is -2.43. The molecule has 0 saturated carbocycles. The van der Waals surface area contributed by atoms with Gasteiger partial charge in [0.05, 0.1) is 0 Å². The number of rotatable bonds is 0. The van der Waals surface area contributed by atoms with Crippen molar-refractivity contribution in [3.63, 3.8) is 0 Å². The standard InChI is InChI=1S/C8H14F2N2/c1-12-4-6-2-8(9,10)3-7(5-12)11-6/h6-7,11H,2-5H2,1H3. The molecule has 2 nitrogen and oxygen atoms in total. The van der Waals surface area contributed by atoms with E-state index in [1.165, 1.54) is 0 Å². The van der Waals surface area contributed by atoms with Crippen LogP contribution in [0.4, 0.5) is 8.78 Å². The number of alkyl halides is 2. The minimum atomic E-state index is -2.43. The van der Waals surface area contributed by atoms with Crippen LogP contribution in [0.5, 0.6) is 0 Å². The van der Waals surface area contributed by atoms with Gasteiger partial charge in [0.1, 0.15) is 0 Å². The molecule has 70 valence electrons. The van der Waals surface area contributed by atoms with Gasteiger partial charge in [-0.2, -0.15) is 0 Å². The van der Waals surface area contributed by atoms with Gasteiger partial charge in [-0.1, -0.05) is 0 Å². The molecule has 1 N–H and O–H groups in total. The maximum atomic E-state index is 13.0. The zero-order chi connectivity index (χ0) is 8.77. The molecule has 0 aromatic carbocycles. The van der Waals surface area contributed by atoms with Crippen LogP contribution in [0.3, 0.4) is 0 Å². The third-order valence-electron chi connectivity index (χ3n) is 2.63. The number of halogens is 2. The number of hydrogen-bond acceptors (Lipinski definition) is 2. The first-order valence-electron chi connectivity index (χ1n) is 4.38. The molecule has 0 aliphatic carbocycles. The van der Waals surface area contributed by atoms with E-state index in [9.17, 15) is 8.78 Å². The lowest BCUT2D eigenvalue weighted by molar-refractivity contribution is -0.0736. The van der Waals surface area contributed by atoms with Crippen LogP contribution in [0, 0.1) is 0 Å². The van der Waals surface area contributed by atoms with Crippen LogP contribution in [0.1, 0.15) is 12.8 Å². The molecule has 0 aromatic rings. The highest BCUT2D eigenvalue weighted by Gasteiger charge is 2.43. The second-order valence-corrected chi connectivity index (χ2v) is 4.05. The van der Waals surface area contributed by atoms with Crippen LogP contribution in [-0.4, -0.2) is 43.0 Å². The summed E-state index contributed by atoms with van der Waals surface area (Å²) in [6, 6.07) is -0.00463. The van der Waals surface area contributed by atoms with Gasteiger partial charge in [-0.25, -0.2) is 8.78 Å². The molecular formula is C8H14F2N2. The first kappa shape index (κ1) is 8.38. The molecule has 4 heteroatoms. The highest BCUT2D eigenvalue weighted by atomic mass is 19.3. The zero-order valence-electron chi connectivity index (χ0n) is 7.19. The topological polar surface area (TPSA) is 15.3 Å². The van der Waals surface area contributed by atoms with Crippen molar-refractivity contribution in [3.8, 4) is 0 Å². The molecule has 12 heavy (non-hydrogen) atoms. The molecule has 2 atom stereocenters. The normalized spacial score (nSPS) is 41.2. The number of nitrogens with zero attached hydrogens (tertiary/aromatic N) is 1. The van der Waals surface area contributed by atoms with Crippen molar-refractivity contribution >= 4 is 0 Å². The number of hydrogen-bond donors (Lipinski definition) is 1. The van der Waals surface area contributed by atoms with E-state index in [2.05, 4.69) is 10.2 Å². The van der Waals surface area contributed by atoms with Crippen molar-refractivity contribution in [2.45, 2.75) is 30.8 Å². The number of fused-ring (bicyclic) bond motifs is 2.